The summed E-state index contributed by atoms with van der Waals surface area (Å²) in [6.07, 6.45) is 2.54. The number of carbonyl (C=O) groups is 1. The summed E-state index contributed by atoms with van der Waals surface area (Å²) in [6, 6.07) is 19.3. The van der Waals surface area contributed by atoms with Gasteiger partial charge in [0.2, 0.25) is 0 Å². The van der Waals surface area contributed by atoms with Crippen LogP contribution in [0.5, 0.6) is 0 Å². The van der Waals surface area contributed by atoms with Crippen LogP contribution >= 0.6 is 0 Å². The Kier molecular flexibility index (Phi) is 3.72. The van der Waals surface area contributed by atoms with Crippen LogP contribution in [0.2, 0.25) is 0 Å². The number of carbonyl (C=O) groups excluding carboxylic acids is 1. The quantitative estimate of drug-likeness (QED) is 0.580. The summed E-state index contributed by atoms with van der Waals surface area (Å²) in [5.74, 6) is -0.315. The van der Waals surface area contributed by atoms with Crippen molar-refractivity contribution in [2.24, 2.45) is 0 Å². The van der Waals surface area contributed by atoms with Crippen molar-refractivity contribution < 1.29 is 4.79 Å². The van der Waals surface area contributed by atoms with Gasteiger partial charge < -0.3 is 10.2 Å². The third-order valence-electron chi connectivity index (χ3n) is 5.02. The summed E-state index contributed by atoms with van der Waals surface area (Å²) in [6.45, 7) is 0.858. The van der Waals surface area contributed by atoms with Gasteiger partial charge in [0.05, 0.1) is 16.9 Å². The number of nitrogens with zero attached hydrogens (tertiary/aromatic N) is 3. The van der Waals surface area contributed by atoms with Crippen molar-refractivity contribution in [3.63, 3.8) is 0 Å². The second kappa shape index (κ2) is 6.38. The Morgan fingerprint density at radius 1 is 1.00 bits per heavy atom. The predicted molar refractivity (Wildman–Crippen MR) is 107 cm³/mol. The maximum Gasteiger partial charge on any atom is 0.347 e. The van der Waals surface area contributed by atoms with E-state index in [0.717, 1.165) is 24.3 Å². The molecule has 2 aromatic heterocycles. The van der Waals surface area contributed by atoms with Crippen LogP contribution in [0, 0.1) is 0 Å². The van der Waals surface area contributed by atoms with Gasteiger partial charge in [-0.15, -0.1) is 0 Å². The second-order valence-electron chi connectivity index (χ2n) is 6.65. The summed E-state index contributed by atoms with van der Waals surface area (Å²) >= 11 is 0. The number of aromatic amines is 1. The second-order valence-corrected chi connectivity index (χ2v) is 6.65. The lowest BCUT2D eigenvalue weighted by atomic mass is 10.1. The van der Waals surface area contributed by atoms with Gasteiger partial charge in [0, 0.05) is 18.4 Å². The van der Waals surface area contributed by atoms with Crippen molar-refractivity contribution in [2.45, 2.75) is 6.42 Å². The highest BCUT2D eigenvalue weighted by molar-refractivity contribution is 6.09. The van der Waals surface area contributed by atoms with E-state index in [1.54, 1.807) is 18.3 Å². The first kappa shape index (κ1) is 16.3. The van der Waals surface area contributed by atoms with Gasteiger partial charge in [-0.05, 0) is 42.3 Å². The Hall–Kier alpha value is -3.87. The van der Waals surface area contributed by atoms with Gasteiger partial charge in [0.15, 0.2) is 5.65 Å². The Morgan fingerprint density at radius 2 is 1.79 bits per heavy atom. The average molecular weight is 371 g/mol. The average Bonchev–Trinajstić information content (AvgIpc) is 3.32. The van der Waals surface area contributed by atoms with E-state index in [2.05, 4.69) is 32.5 Å². The van der Waals surface area contributed by atoms with Crippen LogP contribution in [-0.4, -0.2) is 27.0 Å². The van der Waals surface area contributed by atoms with Crippen LogP contribution in [-0.2, 0) is 6.42 Å². The first-order valence-corrected chi connectivity index (χ1v) is 9.04. The lowest BCUT2D eigenvalue weighted by Crippen LogP contribution is -2.19. The number of nitrogens with one attached hydrogen (secondary N) is 2. The molecule has 2 aromatic carbocycles. The van der Waals surface area contributed by atoms with Crippen LogP contribution in [0.25, 0.3) is 5.65 Å². The zero-order valence-corrected chi connectivity index (χ0v) is 14.9. The molecule has 0 fully saturated rings. The molecule has 1 aliphatic heterocycles. The molecule has 0 saturated carbocycles. The number of anilines is 3. The first-order valence-electron chi connectivity index (χ1n) is 9.04. The molecular weight excluding hydrogens is 354 g/mol. The Balaban J connectivity index is 1.52. The minimum absolute atomic E-state index is 0.300. The lowest BCUT2D eigenvalue weighted by molar-refractivity contribution is 0.102. The van der Waals surface area contributed by atoms with E-state index in [9.17, 15) is 9.59 Å². The number of para-hydroxylation sites is 3. The molecule has 5 rings (SSSR count). The number of pyridine rings is 1. The molecule has 0 bridgehead atoms. The number of H-pyrrole nitrogens is 1. The van der Waals surface area contributed by atoms with E-state index in [0.29, 0.717) is 16.9 Å². The van der Waals surface area contributed by atoms with Crippen molar-refractivity contribution in [3.05, 3.63) is 88.5 Å². The number of hydrogen-bond acceptors (Lipinski definition) is 4. The number of fused-ring (bicyclic) bond motifs is 2. The van der Waals surface area contributed by atoms with E-state index in [4.69, 9.17) is 0 Å². The number of hydrogen-bond donors (Lipinski definition) is 2. The molecule has 138 valence electrons. The molecule has 0 unspecified atom stereocenters. The van der Waals surface area contributed by atoms with Gasteiger partial charge in [-0.25, -0.2) is 14.3 Å². The minimum Gasteiger partial charge on any atom is -0.339 e. The summed E-state index contributed by atoms with van der Waals surface area (Å²) in [5, 5.41) is 9.32. The molecule has 4 aromatic rings. The van der Waals surface area contributed by atoms with Crippen LogP contribution in [0.4, 0.5) is 17.1 Å². The molecule has 1 amide bonds. The first-order chi connectivity index (χ1) is 13.7. The van der Waals surface area contributed by atoms with Gasteiger partial charge in [-0.3, -0.25) is 4.79 Å². The summed E-state index contributed by atoms with van der Waals surface area (Å²) in [4.78, 5) is 26.9. The standard InChI is InChI=1S/C21H17N5O2/c27-20(15-7-5-12-26-19(15)23-24-21(26)28)22-16-8-2-4-10-18(16)25-13-11-14-6-1-3-9-17(14)25/h1-10,12H,11,13H2,(H,22,27)(H,24,28). The molecule has 0 radical (unpaired) electrons. The van der Waals surface area contributed by atoms with Crippen LogP contribution in [0.3, 0.4) is 0 Å². The molecule has 7 heteroatoms. The van der Waals surface area contributed by atoms with E-state index in [1.807, 2.05) is 36.4 Å². The highest BCUT2D eigenvalue weighted by Gasteiger charge is 2.23. The molecule has 0 saturated heterocycles. The molecule has 1 aliphatic rings. The molecule has 3 heterocycles. The van der Waals surface area contributed by atoms with Crippen molar-refractivity contribution in [1.82, 2.24) is 14.6 Å². The number of benzene rings is 2. The van der Waals surface area contributed by atoms with E-state index in [-0.39, 0.29) is 11.6 Å². The molecule has 0 spiro atoms. The Bertz CT molecular complexity index is 1260. The largest absolute Gasteiger partial charge is 0.347 e. The number of aromatic nitrogens is 3. The van der Waals surface area contributed by atoms with Crippen LogP contribution in [0.1, 0.15) is 15.9 Å². The number of amides is 1. The van der Waals surface area contributed by atoms with E-state index < -0.39 is 0 Å². The fourth-order valence-electron chi connectivity index (χ4n) is 3.70. The van der Waals surface area contributed by atoms with Crippen molar-refractivity contribution in [3.8, 4) is 0 Å². The molecule has 28 heavy (non-hydrogen) atoms. The van der Waals surface area contributed by atoms with Gasteiger partial charge in [-0.2, -0.15) is 5.10 Å². The predicted octanol–water partition coefficient (Wildman–Crippen LogP) is 2.97. The van der Waals surface area contributed by atoms with Gasteiger partial charge in [-0.1, -0.05) is 30.3 Å². The maximum absolute atomic E-state index is 13.0. The van der Waals surface area contributed by atoms with Gasteiger partial charge >= 0.3 is 5.69 Å². The molecular formula is C21H17N5O2. The molecule has 7 nitrogen and oxygen atoms in total. The smallest absolute Gasteiger partial charge is 0.339 e. The SMILES string of the molecule is O=C(Nc1ccccc1N1CCc2ccccc21)c1cccn2c(=O)[nH]nc12. The maximum atomic E-state index is 13.0. The van der Waals surface area contributed by atoms with Crippen LogP contribution < -0.4 is 15.9 Å². The Morgan fingerprint density at radius 3 is 2.68 bits per heavy atom. The van der Waals surface area contributed by atoms with Crippen LogP contribution in [0.15, 0.2) is 71.7 Å². The lowest BCUT2D eigenvalue weighted by Gasteiger charge is -2.23. The summed E-state index contributed by atoms with van der Waals surface area (Å²) in [7, 11) is 0. The Labute approximate surface area is 160 Å². The normalized spacial score (nSPS) is 12.9. The highest BCUT2D eigenvalue weighted by atomic mass is 16.2. The monoisotopic (exact) mass is 371 g/mol. The zero-order valence-electron chi connectivity index (χ0n) is 14.9. The van der Waals surface area contributed by atoms with Crippen molar-refractivity contribution in [2.75, 3.05) is 16.8 Å². The summed E-state index contributed by atoms with van der Waals surface area (Å²) < 4.78 is 1.32. The molecule has 0 aliphatic carbocycles. The molecule has 0 atom stereocenters. The minimum atomic E-state index is -0.376. The zero-order chi connectivity index (χ0) is 19.1. The van der Waals surface area contributed by atoms with Crippen molar-refractivity contribution >= 4 is 28.6 Å². The van der Waals surface area contributed by atoms with Crippen molar-refractivity contribution in [1.29, 1.82) is 0 Å². The van der Waals surface area contributed by atoms with E-state index >= 15 is 0 Å². The third kappa shape index (κ3) is 2.56. The van der Waals surface area contributed by atoms with Gasteiger partial charge in [0.25, 0.3) is 5.91 Å². The highest BCUT2D eigenvalue weighted by Crippen LogP contribution is 2.38. The molecule has 2 N–H and O–H groups in total. The number of rotatable bonds is 3. The summed E-state index contributed by atoms with van der Waals surface area (Å²) in [5.41, 5.74) is 4.36. The fraction of sp³-hybridized carbons (Fsp3) is 0.0952. The fourth-order valence-corrected chi connectivity index (χ4v) is 3.70. The van der Waals surface area contributed by atoms with Gasteiger partial charge in [0.1, 0.15) is 0 Å². The third-order valence-corrected chi connectivity index (χ3v) is 5.02. The topological polar surface area (TPSA) is 82.5 Å². The van der Waals surface area contributed by atoms with E-state index in [1.165, 1.54) is 9.96 Å².